The van der Waals surface area contributed by atoms with Crippen LogP contribution in [-0.4, -0.2) is 16.3 Å². The highest BCUT2D eigenvalue weighted by molar-refractivity contribution is 6.33. The highest BCUT2D eigenvalue weighted by atomic mass is 35.5. The Kier molecular flexibility index (Phi) is 5.67. The zero-order valence-corrected chi connectivity index (χ0v) is 10.9. The SMILES string of the molecule is CCc1ccc[c]([AlH2])c1CC.Cl. The van der Waals surface area contributed by atoms with E-state index in [0.717, 1.165) is 0 Å². The van der Waals surface area contributed by atoms with E-state index >= 15 is 0 Å². The van der Waals surface area contributed by atoms with Crippen molar-refractivity contribution in [2.24, 2.45) is 0 Å². The predicted molar refractivity (Wildman–Crippen MR) is 60.6 cm³/mol. The van der Waals surface area contributed by atoms with E-state index in [0.29, 0.717) is 0 Å². The normalized spacial score (nSPS) is 9.17. The topological polar surface area (TPSA) is 0 Å². The first-order valence-corrected chi connectivity index (χ1v) is 5.37. The van der Waals surface area contributed by atoms with Gasteiger partial charge in [0.1, 0.15) is 0 Å². The molecule has 0 radical (unpaired) electrons. The van der Waals surface area contributed by atoms with Gasteiger partial charge < -0.3 is 0 Å². The molecule has 0 saturated heterocycles. The van der Waals surface area contributed by atoms with Gasteiger partial charge in [-0.3, -0.25) is 0 Å². The average molecular weight is 199 g/mol. The van der Waals surface area contributed by atoms with E-state index in [2.05, 4.69) is 32.0 Å². The molecule has 0 aromatic heterocycles. The van der Waals surface area contributed by atoms with Crippen molar-refractivity contribution in [3.63, 3.8) is 0 Å². The minimum Gasteiger partial charge on any atom is -0.147 e. The largest absolute Gasteiger partial charge is 0.259 e. The molecule has 0 spiro atoms. The van der Waals surface area contributed by atoms with Crippen molar-refractivity contribution in [2.45, 2.75) is 26.7 Å². The maximum Gasteiger partial charge on any atom is 0.259 e. The van der Waals surface area contributed by atoms with Gasteiger partial charge in [-0.2, -0.15) is 0 Å². The Bertz CT molecular complexity index is 246. The van der Waals surface area contributed by atoms with Crippen molar-refractivity contribution in [1.29, 1.82) is 0 Å². The van der Waals surface area contributed by atoms with Gasteiger partial charge in [-0.05, 0) is 18.4 Å². The number of hydrogen-bond donors (Lipinski definition) is 0. The summed E-state index contributed by atoms with van der Waals surface area (Å²) < 4.78 is 1.58. The zero-order chi connectivity index (χ0) is 8.27. The Morgan fingerprint density at radius 3 is 2.25 bits per heavy atom. The number of rotatable bonds is 2. The molecule has 66 valence electrons. The van der Waals surface area contributed by atoms with Gasteiger partial charge in [0.15, 0.2) is 0 Å². The molecule has 0 atom stereocenters. The van der Waals surface area contributed by atoms with E-state index in [-0.39, 0.29) is 12.4 Å². The first-order chi connectivity index (χ1) is 5.29. The van der Waals surface area contributed by atoms with Crippen LogP contribution in [0.2, 0.25) is 0 Å². The van der Waals surface area contributed by atoms with Crippen LogP contribution < -0.4 is 4.43 Å². The summed E-state index contributed by atoms with van der Waals surface area (Å²) in [7, 11) is 0. The summed E-state index contributed by atoms with van der Waals surface area (Å²) in [5, 5.41) is 0. The highest BCUT2D eigenvalue weighted by Crippen LogP contribution is 2.06. The van der Waals surface area contributed by atoms with Crippen molar-refractivity contribution < 1.29 is 0 Å². The van der Waals surface area contributed by atoms with E-state index < -0.39 is 0 Å². The van der Waals surface area contributed by atoms with Crippen LogP contribution in [0.5, 0.6) is 0 Å². The molecule has 0 aliphatic carbocycles. The van der Waals surface area contributed by atoms with Gasteiger partial charge in [0, 0.05) is 0 Å². The van der Waals surface area contributed by atoms with Crippen molar-refractivity contribution in [3.05, 3.63) is 29.3 Å². The lowest BCUT2D eigenvalue weighted by molar-refractivity contribution is 1.05. The van der Waals surface area contributed by atoms with Gasteiger partial charge in [-0.25, -0.2) is 0 Å². The number of halogens is 1. The molecule has 0 N–H and O–H groups in total. The van der Waals surface area contributed by atoms with Gasteiger partial charge in [0.25, 0.3) is 16.3 Å². The minimum atomic E-state index is 0. The summed E-state index contributed by atoms with van der Waals surface area (Å²) >= 11 is 1.19. The molecule has 0 aliphatic rings. The Labute approximate surface area is 89.2 Å². The fourth-order valence-corrected chi connectivity index (χ4v) is 2.47. The van der Waals surface area contributed by atoms with Gasteiger partial charge in [-0.15, -0.1) is 16.8 Å². The van der Waals surface area contributed by atoms with Crippen molar-refractivity contribution in [1.82, 2.24) is 0 Å². The second-order valence-corrected chi connectivity index (χ2v) is 4.00. The van der Waals surface area contributed by atoms with Crippen LogP contribution in [0.1, 0.15) is 25.0 Å². The summed E-state index contributed by atoms with van der Waals surface area (Å²) in [6, 6.07) is 6.69. The van der Waals surface area contributed by atoms with Gasteiger partial charge in [0.2, 0.25) is 0 Å². The summed E-state index contributed by atoms with van der Waals surface area (Å²) in [6.45, 7) is 4.48. The van der Waals surface area contributed by atoms with E-state index in [1.165, 1.54) is 29.1 Å². The molecule has 0 heterocycles. The molecule has 0 saturated carbocycles. The quantitative estimate of drug-likeness (QED) is 0.632. The fourth-order valence-electron chi connectivity index (χ4n) is 1.60. The number of aryl methyl sites for hydroxylation is 1. The Morgan fingerprint density at radius 1 is 1.17 bits per heavy atom. The molecular weight excluding hydrogens is 183 g/mol. The first kappa shape index (κ1) is 12.0. The van der Waals surface area contributed by atoms with Crippen molar-refractivity contribution in [3.8, 4) is 0 Å². The molecular formula is C10H16AlCl. The minimum absolute atomic E-state index is 0. The van der Waals surface area contributed by atoms with Crippen LogP contribution in [-0.2, 0) is 12.8 Å². The lowest BCUT2D eigenvalue weighted by Crippen LogP contribution is -2.11. The second kappa shape index (κ2) is 5.65. The molecule has 1 rings (SSSR count). The van der Waals surface area contributed by atoms with Crippen LogP contribution in [0.15, 0.2) is 18.2 Å². The van der Waals surface area contributed by atoms with Crippen LogP contribution in [0, 0.1) is 0 Å². The van der Waals surface area contributed by atoms with E-state index in [1.807, 2.05) is 0 Å². The molecule has 0 unspecified atom stereocenters. The van der Waals surface area contributed by atoms with Crippen LogP contribution >= 0.6 is 12.4 Å². The third kappa shape index (κ3) is 2.52. The first-order valence-electron chi connectivity index (χ1n) is 4.37. The summed E-state index contributed by atoms with van der Waals surface area (Å²) in [5.41, 5.74) is 3.14. The average Bonchev–Trinajstić information content (AvgIpc) is 2.04. The third-order valence-electron chi connectivity index (χ3n) is 2.24. The Hall–Kier alpha value is 0.0425. The smallest absolute Gasteiger partial charge is 0.147 e. The molecule has 0 fully saturated rings. The van der Waals surface area contributed by atoms with Crippen LogP contribution in [0.4, 0.5) is 0 Å². The molecule has 1 aromatic carbocycles. The van der Waals surface area contributed by atoms with Crippen LogP contribution in [0.25, 0.3) is 0 Å². The van der Waals surface area contributed by atoms with E-state index in [9.17, 15) is 0 Å². The van der Waals surface area contributed by atoms with Crippen molar-refractivity contribution in [2.75, 3.05) is 0 Å². The molecule has 12 heavy (non-hydrogen) atoms. The second-order valence-electron chi connectivity index (χ2n) is 2.92. The maximum absolute atomic E-state index is 2.25. The Morgan fingerprint density at radius 2 is 1.83 bits per heavy atom. The molecule has 0 bridgehead atoms. The van der Waals surface area contributed by atoms with Crippen molar-refractivity contribution >= 4 is 33.1 Å². The molecule has 0 nitrogen and oxygen atoms in total. The van der Waals surface area contributed by atoms with Gasteiger partial charge in [-0.1, -0.05) is 37.6 Å². The molecule has 0 aliphatic heterocycles. The fraction of sp³-hybridized carbons (Fsp3) is 0.400. The molecule has 1 aromatic rings. The Balaban J connectivity index is 0.00000121. The summed E-state index contributed by atoms with van der Waals surface area (Å²) in [4.78, 5) is 0. The number of hydrogen-bond acceptors (Lipinski definition) is 0. The highest BCUT2D eigenvalue weighted by Gasteiger charge is 1.99. The third-order valence-corrected chi connectivity index (χ3v) is 3.18. The predicted octanol–water partition coefficient (Wildman–Crippen LogP) is 1.49. The number of benzene rings is 1. The van der Waals surface area contributed by atoms with E-state index in [4.69, 9.17) is 0 Å². The van der Waals surface area contributed by atoms with Gasteiger partial charge in [0.05, 0.1) is 0 Å². The van der Waals surface area contributed by atoms with Gasteiger partial charge >= 0.3 is 0 Å². The zero-order valence-electron chi connectivity index (χ0n) is 8.05. The monoisotopic (exact) mass is 198 g/mol. The summed E-state index contributed by atoms with van der Waals surface area (Å²) in [6.07, 6.45) is 2.38. The maximum atomic E-state index is 2.25. The lowest BCUT2D eigenvalue weighted by atomic mass is 10.0. The molecule has 2 heteroatoms. The molecule has 0 amide bonds. The lowest BCUT2D eigenvalue weighted by Gasteiger charge is -2.08. The van der Waals surface area contributed by atoms with Crippen LogP contribution in [0.3, 0.4) is 0 Å². The van der Waals surface area contributed by atoms with E-state index in [1.54, 1.807) is 15.6 Å². The summed E-state index contributed by atoms with van der Waals surface area (Å²) in [5.74, 6) is 0. The standard InChI is InChI=1S/C10H13.Al.ClH.2H/c1-3-9-7-5-6-8-10(9)4-2;;;;/h5-7H,3-4H2,1-2H3;;1H;;.